The lowest BCUT2D eigenvalue weighted by molar-refractivity contribution is -0.132. The maximum Gasteiger partial charge on any atom is 0.263 e. The number of likely N-dealkylation sites (N-methyl/N-ethyl adjacent to an activating group) is 1. The van der Waals surface area contributed by atoms with Crippen LogP contribution >= 0.6 is 0 Å². The molecule has 0 saturated carbocycles. The summed E-state index contributed by atoms with van der Waals surface area (Å²) in [5.74, 6) is 4.85. The number of ether oxygens (including phenoxy) is 1. The first kappa shape index (κ1) is 15.4. The average molecular weight is 259 g/mol. The molecule has 1 heterocycles. The zero-order valence-electron chi connectivity index (χ0n) is 11.1. The zero-order chi connectivity index (χ0) is 13.4. The molecule has 0 spiro atoms. The number of hydrazine groups is 1. The number of rotatable bonds is 8. The maximum atomic E-state index is 11.3. The van der Waals surface area contributed by atoms with Gasteiger partial charge in [0.25, 0.3) is 5.91 Å². The highest BCUT2D eigenvalue weighted by Gasteiger charge is 2.30. The van der Waals surface area contributed by atoms with Crippen molar-refractivity contribution in [2.24, 2.45) is 5.84 Å². The van der Waals surface area contributed by atoms with Crippen LogP contribution < -0.4 is 11.3 Å². The van der Waals surface area contributed by atoms with Gasteiger partial charge in [0.05, 0.1) is 6.10 Å². The van der Waals surface area contributed by atoms with Crippen LogP contribution in [0.15, 0.2) is 0 Å². The van der Waals surface area contributed by atoms with Crippen molar-refractivity contribution < 1.29 is 14.6 Å². The first-order chi connectivity index (χ1) is 8.67. The Hall–Kier alpha value is -0.690. The molecule has 6 nitrogen and oxygen atoms in total. The van der Waals surface area contributed by atoms with Gasteiger partial charge in [-0.3, -0.25) is 10.2 Å². The molecule has 4 N–H and O–H groups in total. The van der Waals surface area contributed by atoms with Gasteiger partial charge in [-0.1, -0.05) is 0 Å². The van der Waals surface area contributed by atoms with E-state index < -0.39 is 0 Å². The third-order valence-electron chi connectivity index (χ3n) is 3.26. The van der Waals surface area contributed by atoms with Crippen molar-refractivity contribution in [1.29, 1.82) is 0 Å². The first-order valence-corrected chi connectivity index (χ1v) is 6.62. The second-order valence-corrected chi connectivity index (χ2v) is 4.88. The molecular formula is C12H25N3O3. The van der Waals surface area contributed by atoms with Crippen molar-refractivity contribution >= 4 is 5.91 Å². The number of nitrogens with one attached hydrogen (secondary N) is 1. The normalized spacial score (nSPS) is 23.6. The monoisotopic (exact) mass is 259 g/mol. The molecule has 18 heavy (non-hydrogen) atoms. The molecule has 0 aliphatic carbocycles. The molecule has 1 rings (SSSR count). The molecule has 106 valence electrons. The molecule has 1 aliphatic heterocycles. The van der Waals surface area contributed by atoms with Crippen LogP contribution in [0.3, 0.4) is 0 Å². The van der Waals surface area contributed by atoms with Crippen LogP contribution in [-0.4, -0.2) is 54.9 Å². The minimum absolute atomic E-state index is 0.121. The molecule has 6 heteroatoms. The summed E-state index contributed by atoms with van der Waals surface area (Å²) in [4.78, 5) is 13.5. The quantitative estimate of drug-likeness (QED) is 0.239. The van der Waals surface area contributed by atoms with Crippen molar-refractivity contribution in [3.63, 3.8) is 0 Å². The largest absolute Gasteiger partial charge is 0.396 e. The lowest BCUT2D eigenvalue weighted by Crippen LogP contribution is -2.40. The highest BCUT2D eigenvalue weighted by atomic mass is 16.5. The SMILES string of the molecule is CN(CCCCCO)CC1CCC(C(=O)NN)O1. The van der Waals surface area contributed by atoms with Crippen LogP contribution in [0.4, 0.5) is 0 Å². The highest BCUT2D eigenvalue weighted by Crippen LogP contribution is 2.20. The van der Waals surface area contributed by atoms with Crippen molar-refractivity contribution in [3.8, 4) is 0 Å². The third-order valence-corrected chi connectivity index (χ3v) is 3.26. The summed E-state index contributed by atoms with van der Waals surface area (Å²) in [5, 5.41) is 8.68. The summed E-state index contributed by atoms with van der Waals surface area (Å²) >= 11 is 0. The van der Waals surface area contributed by atoms with Gasteiger partial charge in [0.2, 0.25) is 0 Å². The van der Waals surface area contributed by atoms with Crippen LogP contribution in [0, 0.1) is 0 Å². The predicted molar refractivity (Wildman–Crippen MR) is 68.7 cm³/mol. The molecule has 0 bridgehead atoms. The smallest absolute Gasteiger partial charge is 0.263 e. The van der Waals surface area contributed by atoms with Gasteiger partial charge in [0, 0.05) is 13.2 Å². The van der Waals surface area contributed by atoms with E-state index in [9.17, 15) is 4.79 Å². The Kier molecular flexibility index (Phi) is 7.19. The topological polar surface area (TPSA) is 87.8 Å². The number of aliphatic hydroxyl groups is 1. The van der Waals surface area contributed by atoms with E-state index in [0.717, 1.165) is 45.2 Å². The summed E-state index contributed by atoms with van der Waals surface area (Å²) in [6.07, 6.45) is 4.37. The average Bonchev–Trinajstić information content (AvgIpc) is 2.82. The predicted octanol–water partition coefficient (Wildman–Crippen LogP) is -0.382. The molecule has 2 atom stereocenters. The van der Waals surface area contributed by atoms with E-state index in [-0.39, 0.29) is 24.7 Å². The highest BCUT2D eigenvalue weighted by molar-refractivity contribution is 5.80. The number of aliphatic hydroxyl groups excluding tert-OH is 1. The zero-order valence-corrected chi connectivity index (χ0v) is 11.1. The van der Waals surface area contributed by atoms with Crippen LogP contribution in [0.5, 0.6) is 0 Å². The number of nitrogens with zero attached hydrogens (tertiary/aromatic N) is 1. The first-order valence-electron chi connectivity index (χ1n) is 6.62. The van der Waals surface area contributed by atoms with Gasteiger partial charge in [0.15, 0.2) is 0 Å². The molecule has 1 saturated heterocycles. The van der Waals surface area contributed by atoms with Crippen molar-refractivity contribution in [2.45, 2.75) is 44.3 Å². The van der Waals surface area contributed by atoms with E-state index in [1.165, 1.54) is 0 Å². The Morgan fingerprint density at radius 1 is 1.44 bits per heavy atom. The molecule has 0 aromatic heterocycles. The standard InChI is InChI=1S/C12H25N3O3/c1-15(7-3-2-4-8-16)9-10-5-6-11(18-10)12(17)14-13/h10-11,16H,2-9,13H2,1H3,(H,14,17). The van der Waals surface area contributed by atoms with E-state index in [1.807, 2.05) is 0 Å². The Bertz CT molecular complexity index is 251. The minimum Gasteiger partial charge on any atom is -0.396 e. The molecular weight excluding hydrogens is 234 g/mol. The fourth-order valence-corrected chi connectivity index (χ4v) is 2.24. The number of carbonyl (C=O) groups is 1. The second-order valence-electron chi connectivity index (χ2n) is 4.88. The summed E-state index contributed by atoms with van der Waals surface area (Å²) in [6, 6.07) is 0. The molecule has 1 aliphatic rings. The number of hydrogen-bond acceptors (Lipinski definition) is 5. The van der Waals surface area contributed by atoms with Gasteiger partial charge in [0.1, 0.15) is 6.10 Å². The van der Waals surface area contributed by atoms with E-state index in [2.05, 4.69) is 17.4 Å². The second kappa shape index (κ2) is 8.42. The lowest BCUT2D eigenvalue weighted by atomic mass is 10.2. The summed E-state index contributed by atoms with van der Waals surface area (Å²) < 4.78 is 5.64. The van der Waals surface area contributed by atoms with Crippen LogP contribution in [0.2, 0.25) is 0 Å². The molecule has 2 unspecified atom stereocenters. The number of hydrogen-bond donors (Lipinski definition) is 3. The van der Waals surface area contributed by atoms with Crippen LogP contribution in [-0.2, 0) is 9.53 Å². The van der Waals surface area contributed by atoms with E-state index in [0.29, 0.717) is 0 Å². The van der Waals surface area contributed by atoms with Gasteiger partial charge >= 0.3 is 0 Å². The molecule has 1 fully saturated rings. The van der Waals surface area contributed by atoms with Gasteiger partial charge in [-0.25, -0.2) is 5.84 Å². The number of unbranched alkanes of at least 4 members (excludes halogenated alkanes) is 2. The van der Waals surface area contributed by atoms with E-state index in [4.69, 9.17) is 15.7 Å². The lowest BCUT2D eigenvalue weighted by Gasteiger charge is -2.21. The fourth-order valence-electron chi connectivity index (χ4n) is 2.24. The van der Waals surface area contributed by atoms with Crippen LogP contribution in [0.1, 0.15) is 32.1 Å². The number of nitrogens with two attached hydrogens (primary N) is 1. The maximum absolute atomic E-state index is 11.3. The molecule has 0 aromatic rings. The van der Waals surface area contributed by atoms with Crippen molar-refractivity contribution in [2.75, 3.05) is 26.7 Å². The summed E-state index contributed by atoms with van der Waals surface area (Å²) in [5.41, 5.74) is 2.13. The van der Waals surface area contributed by atoms with E-state index in [1.54, 1.807) is 0 Å². The van der Waals surface area contributed by atoms with E-state index >= 15 is 0 Å². The van der Waals surface area contributed by atoms with Crippen molar-refractivity contribution in [3.05, 3.63) is 0 Å². The van der Waals surface area contributed by atoms with Crippen LogP contribution in [0.25, 0.3) is 0 Å². The van der Waals surface area contributed by atoms with Gasteiger partial charge < -0.3 is 14.7 Å². The molecule has 1 amide bonds. The third kappa shape index (κ3) is 5.30. The Morgan fingerprint density at radius 3 is 2.89 bits per heavy atom. The Morgan fingerprint density at radius 2 is 2.22 bits per heavy atom. The fraction of sp³-hybridized carbons (Fsp3) is 0.917. The van der Waals surface area contributed by atoms with Gasteiger partial charge in [-0.15, -0.1) is 0 Å². The molecule has 0 radical (unpaired) electrons. The minimum atomic E-state index is -0.386. The molecule has 0 aromatic carbocycles. The Labute approximate surface area is 108 Å². The number of amides is 1. The van der Waals surface area contributed by atoms with Gasteiger partial charge in [-0.05, 0) is 45.7 Å². The van der Waals surface area contributed by atoms with Crippen molar-refractivity contribution in [1.82, 2.24) is 10.3 Å². The number of carbonyl (C=O) groups excluding carboxylic acids is 1. The summed E-state index contributed by atoms with van der Waals surface area (Å²) in [7, 11) is 2.05. The van der Waals surface area contributed by atoms with Gasteiger partial charge in [-0.2, -0.15) is 0 Å². The Balaban J connectivity index is 2.13. The summed E-state index contributed by atoms with van der Waals surface area (Å²) in [6.45, 7) is 2.10.